The molecule has 0 aromatic rings. The maximum atomic E-state index is 10.8. The Morgan fingerprint density at radius 2 is 2.21 bits per heavy atom. The van der Waals surface area contributed by atoms with Crippen molar-refractivity contribution in [2.75, 3.05) is 33.4 Å². The molecule has 0 amide bonds. The molecule has 14 heavy (non-hydrogen) atoms. The van der Waals surface area contributed by atoms with Gasteiger partial charge in [-0.2, -0.15) is 0 Å². The lowest BCUT2D eigenvalue weighted by Gasteiger charge is -2.21. The second-order valence-corrected chi connectivity index (χ2v) is 3.60. The fourth-order valence-electron chi connectivity index (χ4n) is 1.60. The number of rotatable bonds is 5. The molecule has 1 heterocycles. The monoisotopic (exact) mass is 201 g/mol. The van der Waals surface area contributed by atoms with Gasteiger partial charge < -0.3 is 14.8 Å². The van der Waals surface area contributed by atoms with E-state index in [-0.39, 0.29) is 5.97 Å². The van der Waals surface area contributed by atoms with Gasteiger partial charge in [-0.3, -0.25) is 4.79 Å². The Kier molecular flexibility index (Phi) is 5.56. The van der Waals surface area contributed by atoms with Crippen molar-refractivity contribution in [3.8, 4) is 0 Å². The van der Waals surface area contributed by atoms with Crippen molar-refractivity contribution in [3.63, 3.8) is 0 Å². The van der Waals surface area contributed by atoms with Crippen molar-refractivity contribution in [2.45, 2.75) is 19.3 Å². The van der Waals surface area contributed by atoms with Crippen LogP contribution in [0.4, 0.5) is 0 Å². The molecule has 1 fully saturated rings. The van der Waals surface area contributed by atoms with Gasteiger partial charge in [-0.1, -0.05) is 0 Å². The average Bonchev–Trinajstić information content (AvgIpc) is 2.25. The van der Waals surface area contributed by atoms with E-state index in [0.717, 1.165) is 44.9 Å². The quantitative estimate of drug-likeness (QED) is 0.521. The third-order valence-electron chi connectivity index (χ3n) is 2.57. The van der Waals surface area contributed by atoms with Gasteiger partial charge in [-0.25, -0.2) is 0 Å². The van der Waals surface area contributed by atoms with Crippen molar-refractivity contribution < 1.29 is 14.3 Å². The number of hydrogen-bond donors (Lipinski definition) is 1. The smallest absolute Gasteiger partial charge is 0.319 e. The molecule has 0 aromatic carbocycles. The Balaban J connectivity index is 1.94. The van der Waals surface area contributed by atoms with Crippen LogP contribution in [0.15, 0.2) is 0 Å². The Morgan fingerprint density at radius 1 is 1.50 bits per heavy atom. The number of carbonyl (C=O) groups is 1. The minimum Gasteiger partial charge on any atom is -0.468 e. The molecule has 0 saturated carbocycles. The van der Waals surface area contributed by atoms with E-state index >= 15 is 0 Å². The molecule has 1 aliphatic heterocycles. The Hall–Kier alpha value is -0.610. The number of methoxy groups -OCH3 is 1. The molecule has 1 rings (SSSR count). The molecular weight excluding hydrogens is 182 g/mol. The standard InChI is InChI=1S/C10H19NO3/c1-13-10(12)8-11-5-2-9-3-6-14-7-4-9/h9,11H,2-8H2,1H3. The first-order valence-electron chi connectivity index (χ1n) is 5.18. The molecule has 1 N–H and O–H groups in total. The van der Waals surface area contributed by atoms with E-state index in [4.69, 9.17) is 4.74 Å². The Morgan fingerprint density at radius 3 is 2.86 bits per heavy atom. The number of nitrogens with one attached hydrogen (secondary N) is 1. The maximum absolute atomic E-state index is 10.8. The predicted molar refractivity (Wildman–Crippen MR) is 53.0 cm³/mol. The van der Waals surface area contributed by atoms with Gasteiger partial charge in [-0.05, 0) is 31.7 Å². The summed E-state index contributed by atoms with van der Waals surface area (Å²) in [5.74, 6) is 0.561. The van der Waals surface area contributed by atoms with Crippen LogP contribution in [0.1, 0.15) is 19.3 Å². The highest BCUT2D eigenvalue weighted by atomic mass is 16.5. The number of esters is 1. The van der Waals surface area contributed by atoms with Crippen LogP contribution in [0.3, 0.4) is 0 Å². The zero-order chi connectivity index (χ0) is 10.2. The largest absolute Gasteiger partial charge is 0.468 e. The van der Waals surface area contributed by atoms with Gasteiger partial charge in [0.25, 0.3) is 0 Å². The highest BCUT2D eigenvalue weighted by Gasteiger charge is 2.12. The van der Waals surface area contributed by atoms with E-state index in [2.05, 4.69) is 10.1 Å². The van der Waals surface area contributed by atoms with Crippen LogP contribution in [0, 0.1) is 5.92 Å². The minimum absolute atomic E-state index is 0.197. The fraction of sp³-hybridized carbons (Fsp3) is 0.900. The molecule has 0 spiro atoms. The maximum Gasteiger partial charge on any atom is 0.319 e. The van der Waals surface area contributed by atoms with Crippen LogP contribution in [-0.4, -0.2) is 39.4 Å². The SMILES string of the molecule is COC(=O)CNCCC1CCOCC1. The van der Waals surface area contributed by atoms with Crippen molar-refractivity contribution in [2.24, 2.45) is 5.92 Å². The summed E-state index contributed by atoms with van der Waals surface area (Å²) in [5.41, 5.74) is 0. The van der Waals surface area contributed by atoms with Crippen molar-refractivity contribution in [1.29, 1.82) is 0 Å². The van der Waals surface area contributed by atoms with Crippen LogP contribution in [0.2, 0.25) is 0 Å². The molecule has 4 heteroatoms. The summed E-state index contributed by atoms with van der Waals surface area (Å²) >= 11 is 0. The zero-order valence-corrected chi connectivity index (χ0v) is 8.75. The van der Waals surface area contributed by atoms with E-state index in [9.17, 15) is 4.79 Å². The molecule has 0 atom stereocenters. The predicted octanol–water partition coefficient (Wildman–Crippen LogP) is 0.566. The zero-order valence-electron chi connectivity index (χ0n) is 8.75. The third-order valence-corrected chi connectivity index (χ3v) is 2.57. The normalized spacial score (nSPS) is 18.1. The first kappa shape index (κ1) is 11.5. The number of hydrogen-bond acceptors (Lipinski definition) is 4. The van der Waals surface area contributed by atoms with Crippen molar-refractivity contribution in [3.05, 3.63) is 0 Å². The summed E-state index contributed by atoms with van der Waals surface area (Å²) in [5, 5.41) is 3.07. The van der Waals surface area contributed by atoms with Gasteiger partial charge in [-0.15, -0.1) is 0 Å². The molecular formula is C10H19NO3. The molecule has 0 radical (unpaired) electrons. The van der Waals surface area contributed by atoms with Gasteiger partial charge in [0.05, 0.1) is 13.7 Å². The lowest BCUT2D eigenvalue weighted by Crippen LogP contribution is -2.27. The van der Waals surface area contributed by atoms with Crippen LogP contribution in [0.5, 0.6) is 0 Å². The highest BCUT2D eigenvalue weighted by molar-refractivity contribution is 5.71. The summed E-state index contributed by atoms with van der Waals surface area (Å²) in [6.07, 6.45) is 3.43. The van der Waals surface area contributed by atoms with Crippen molar-refractivity contribution in [1.82, 2.24) is 5.32 Å². The average molecular weight is 201 g/mol. The van der Waals surface area contributed by atoms with Gasteiger partial charge in [0.15, 0.2) is 0 Å². The van der Waals surface area contributed by atoms with Gasteiger partial charge in [0, 0.05) is 13.2 Å². The number of ether oxygens (including phenoxy) is 2. The van der Waals surface area contributed by atoms with Crippen LogP contribution in [0.25, 0.3) is 0 Å². The lowest BCUT2D eigenvalue weighted by molar-refractivity contribution is -0.139. The molecule has 4 nitrogen and oxygen atoms in total. The summed E-state index contributed by atoms with van der Waals surface area (Å²) < 4.78 is 9.79. The molecule has 0 aliphatic carbocycles. The second-order valence-electron chi connectivity index (χ2n) is 3.60. The lowest BCUT2D eigenvalue weighted by atomic mass is 9.97. The summed E-state index contributed by atoms with van der Waals surface area (Å²) in [4.78, 5) is 10.8. The summed E-state index contributed by atoms with van der Waals surface area (Å²) in [6, 6.07) is 0. The Bertz CT molecular complexity index is 167. The minimum atomic E-state index is -0.197. The topological polar surface area (TPSA) is 47.6 Å². The molecule has 0 unspecified atom stereocenters. The molecule has 1 saturated heterocycles. The van der Waals surface area contributed by atoms with Gasteiger partial charge in [0.2, 0.25) is 0 Å². The van der Waals surface area contributed by atoms with E-state index in [1.807, 2.05) is 0 Å². The van der Waals surface area contributed by atoms with Crippen molar-refractivity contribution >= 4 is 5.97 Å². The molecule has 1 aliphatic rings. The summed E-state index contributed by atoms with van der Waals surface area (Å²) in [7, 11) is 1.41. The second kappa shape index (κ2) is 6.79. The van der Waals surface area contributed by atoms with E-state index in [0.29, 0.717) is 6.54 Å². The first-order chi connectivity index (χ1) is 6.83. The molecule has 82 valence electrons. The number of carbonyl (C=O) groups excluding carboxylic acids is 1. The van der Waals surface area contributed by atoms with E-state index in [1.54, 1.807) is 0 Å². The highest BCUT2D eigenvalue weighted by Crippen LogP contribution is 2.17. The van der Waals surface area contributed by atoms with Crippen LogP contribution in [-0.2, 0) is 14.3 Å². The first-order valence-corrected chi connectivity index (χ1v) is 5.18. The van der Waals surface area contributed by atoms with Crippen LogP contribution >= 0.6 is 0 Å². The van der Waals surface area contributed by atoms with E-state index < -0.39 is 0 Å². The fourth-order valence-corrected chi connectivity index (χ4v) is 1.60. The van der Waals surface area contributed by atoms with Gasteiger partial charge in [0.1, 0.15) is 0 Å². The molecule has 0 aromatic heterocycles. The summed E-state index contributed by atoms with van der Waals surface area (Å²) in [6.45, 7) is 2.99. The molecule has 0 bridgehead atoms. The van der Waals surface area contributed by atoms with E-state index in [1.165, 1.54) is 7.11 Å². The van der Waals surface area contributed by atoms with Crippen LogP contribution < -0.4 is 5.32 Å². The third kappa shape index (κ3) is 4.58. The van der Waals surface area contributed by atoms with Gasteiger partial charge >= 0.3 is 5.97 Å². The Labute approximate surface area is 85.0 Å².